The average Bonchev–Trinajstić information content (AvgIpc) is 3.27. The van der Waals surface area contributed by atoms with Crippen LogP contribution in [0.3, 0.4) is 0 Å². The summed E-state index contributed by atoms with van der Waals surface area (Å²) in [6.07, 6.45) is -1.91. The number of hydrogen-bond acceptors (Lipinski definition) is 10. The summed E-state index contributed by atoms with van der Waals surface area (Å²) < 4.78 is 17.5. The molecule has 5 rings (SSSR count). The van der Waals surface area contributed by atoms with Crippen LogP contribution in [0.4, 0.5) is 0 Å². The zero-order chi connectivity index (χ0) is 45.6. The number of amides is 3. The van der Waals surface area contributed by atoms with E-state index in [1.54, 1.807) is 33.1 Å². The lowest BCUT2D eigenvalue weighted by Crippen LogP contribution is -2.71. The normalized spacial score (nSPS) is 16.1. The van der Waals surface area contributed by atoms with Gasteiger partial charge >= 0.3 is 17.9 Å². The molecule has 1 heterocycles. The van der Waals surface area contributed by atoms with Crippen LogP contribution in [0.25, 0.3) is 0 Å². The van der Waals surface area contributed by atoms with Crippen LogP contribution in [0.2, 0.25) is 0 Å². The molecule has 1 saturated heterocycles. The van der Waals surface area contributed by atoms with E-state index in [2.05, 4.69) is 10.6 Å². The number of carbonyl (C=O) groups is 6. The summed E-state index contributed by atoms with van der Waals surface area (Å²) in [6.45, 7) is 8.21. The number of nitrogens with zero attached hydrogens (tertiary/aromatic N) is 1. The summed E-state index contributed by atoms with van der Waals surface area (Å²) in [5.74, 6) is -3.59. The van der Waals surface area contributed by atoms with E-state index < -0.39 is 77.5 Å². The summed E-state index contributed by atoms with van der Waals surface area (Å²) in [6, 6.07) is 35.0. The van der Waals surface area contributed by atoms with Crippen LogP contribution < -0.4 is 10.6 Å². The molecule has 4 aromatic carbocycles. The molecule has 3 amide bonds. The number of thioether (sulfide) groups is 1. The fraction of sp³-hybridized carbons (Fsp3) is 0.347. The van der Waals surface area contributed by atoms with Gasteiger partial charge in [-0.05, 0) is 74.3 Å². The van der Waals surface area contributed by atoms with Gasteiger partial charge in [0, 0.05) is 12.2 Å². The van der Waals surface area contributed by atoms with Gasteiger partial charge in [-0.2, -0.15) is 0 Å². The maximum atomic E-state index is 14.1. The largest absolute Gasteiger partial charge is 0.460 e. The zero-order valence-electron chi connectivity index (χ0n) is 36.1. The topological polar surface area (TPSA) is 157 Å². The van der Waals surface area contributed by atoms with Crippen molar-refractivity contribution < 1.29 is 43.0 Å². The number of nitrogens with one attached hydrogen (secondary N) is 2. The van der Waals surface area contributed by atoms with E-state index in [4.69, 9.17) is 25.8 Å². The van der Waals surface area contributed by atoms with Gasteiger partial charge in [-0.3, -0.25) is 24.0 Å². The molecule has 3 atom stereocenters. The van der Waals surface area contributed by atoms with Crippen molar-refractivity contribution in [1.29, 1.82) is 0 Å². The molecular formula is C49H54ClN3O9S. The third kappa shape index (κ3) is 13.8. The molecule has 63 heavy (non-hydrogen) atoms. The number of rotatable bonds is 20. The summed E-state index contributed by atoms with van der Waals surface area (Å²) in [7, 11) is 0. The monoisotopic (exact) mass is 895 g/mol. The number of hydrogen-bond donors (Lipinski definition) is 2. The molecule has 14 heteroatoms. The van der Waals surface area contributed by atoms with E-state index in [1.807, 2.05) is 121 Å². The highest BCUT2D eigenvalue weighted by atomic mass is 35.5. The molecule has 332 valence electrons. The number of carbonyl (C=O) groups excluding carboxylic acids is 6. The van der Waals surface area contributed by atoms with Crippen LogP contribution in [0.15, 0.2) is 132 Å². The van der Waals surface area contributed by atoms with Crippen molar-refractivity contribution in [2.24, 2.45) is 0 Å². The molecule has 0 saturated carbocycles. The van der Waals surface area contributed by atoms with Crippen molar-refractivity contribution >= 4 is 59.0 Å². The standard InChI is InChI=1S/C49H54ClN3O9S/c1-33(32-63-29-27-40(56)62-48(2,3)4)43-42(46(58)53(43)31-41(57)60-44(34-18-10-6-11-19-34)35-20-12-7-13-21-35)51-38(54)26-28-49(5,52-39(55)30-50)47(59)61-45(36-22-14-8-15-23-36)37-24-16-9-17-25-37/h6-25,32,42-45H,26-31H2,1-5H3,(H,51,54)(H,52,55). The Hall–Kier alpha value is -5.92. The van der Waals surface area contributed by atoms with Gasteiger partial charge in [0.05, 0.1) is 12.5 Å². The average molecular weight is 897 g/mol. The van der Waals surface area contributed by atoms with Crippen molar-refractivity contribution in [2.45, 2.75) is 89.3 Å². The summed E-state index contributed by atoms with van der Waals surface area (Å²) in [4.78, 5) is 81.7. The van der Waals surface area contributed by atoms with Crippen molar-refractivity contribution in [2.75, 3.05) is 18.2 Å². The van der Waals surface area contributed by atoms with Crippen molar-refractivity contribution in [3.63, 3.8) is 0 Å². The first-order chi connectivity index (χ1) is 30.1. The predicted molar refractivity (Wildman–Crippen MR) is 242 cm³/mol. The van der Waals surface area contributed by atoms with Crippen LogP contribution in [0.5, 0.6) is 0 Å². The van der Waals surface area contributed by atoms with E-state index in [1.165, 1.54) is 23.6 Å². The van der Waals surface area contributed by atoms with Crippen LogP contribution in [0.1, 0.15) is 88.3 Å². The van der Waals surface area contributed by atoms with E-state index >= 15 is 0 Å². The van der Waals surface area contributed by atoms with Gasteiger partial charge in [0.15, 0.2) is 12.2 Å². The second-order valence-electron chi connectivity index (χ2n) is 16.3. The van der Waals surface area contributed by atoms with Crippen LogP contribution >= 0.6 is 23.4 Å². The van der Waals surface area contributed by atoms with Crippen LogP contribution in [-0.2, 0) is 43.0 Å². The van der Waals surface area contributed by atoms with Gasteiger partial charge in [-0.25, -0.2) is 4.79 Å². The Balaban J connectivity index is 1.32. The summed E-state index contributed by atoms with van der Waals surface area (Å²) in [5, 5.41) is 7.24. The third-order valence-corrected chi connectivity index (χ3v) is 11.3. The molecule has 0 aromatic heterocycles. The highest BCUT2D eigenvalue weighted by Gasteiger charge is 2.50. The third-order valence-electron chi connectivity index (χ3n) is 10.1. The molecule has 1 aliphatic rings. The van der Waals surface area contributed by atoms with E-state index in [-0.39, 0.29) is 25.2 Å². The molecule has 0 radical (unpaired) electrons. The Kier molecular flexibility index (Phi) is 17.1. The SMILES string of the molecule is CC(=CSCCC(=O)OC(C)(C)C)C1C(NC(=O)CCC(C)(NC(=O)CCl)C(=O)OC(c2ccccc2)c2ccccc2)C(=O)N1CC(=O)OC(c1ccccc1)c1ccccc1. The molecule has 3 unspecified atom stereocenters. The lowest BCUT2D eigenvalue weighted by Gasteiger charge is -2.47. The second kappa shape index (κ2) is 22.4. The quantitative estimate of drug-likeness (QED) is 0.0298. The Morgan fingerprint density at radius 1 is 0.714 bits per heavy atom. The molecule has 2 N–H and O–H groups in total. The molecule has 0 bridgehead atoms. The number of likely N-dealkylation sites (tertiary alicyclic amines) is 1. The minimum absolute atomic E-state index is 0.144. The van der Waals surface area contributed by atoms with Crippen molar-refractivity contribution in [3.05, 3.63) is 155 Å². The molecule has 0 spiro atoms. The minimum Gasteiger partial charge on any atom is -0.460 e. The fourth-order valence-corrected chi connectivity index (χ4v) is 7.92. The lowest BCUT2D eigenvalue weighted by molar-refractivity contribution is -0.162. The summed E-state index contributed by atoms with van der Waals surface area (Å²) >= 11 is 7.19. The molecule has 1 fully saturated rings. The molecule has 1 aliphatic heterocycles. The van der Waals surface area contributed by atoms with Crippen molar-refractivity contribution in [1.82, 2.24) is 15.5 Å². The van der Waals surface area contributed by atoms with Crippen LogP contribution in [0, 0.1) is 0 Å². The first kappa shape index (κ1) is 48.1. The second-order valence-corrected chi connectivity index (χ2v) is 17.6. The highest BCUT2D eigenvalue weighted by molar-refractivity contribution is 8.02. The maximum Gasteiger partial charge on any atom is 0.332 e. The van der Waals surface area contributed by atoms with E-state index in [0.717, 1.165) is 11.1 Å². The first-order valence-corrected chi connectivity index (χ1v) is 22.2. The van der Waals surface area contributed by atoms with Gasteiger partial charge in [0.1, 0.15) is 29.6 Å². The Morgan fingerprint density at radius 3 is 1.65 bits per heavy atom. The lowest BCUT2D eigenvalue weighted by atomic mass is 9.89. The Labute approximate surface area is 378 Å². The number of ether oxygens (including phenoxy) is 3. The molecular weight excluding hydrogens is 842 g/mol. The predicted octanol–water partition coefficient (Wildman–Crippen LogP) is 7.61. The van der Waals surface area contributed by atoms with Gasteiger partial charge in [-0.15, -0.1) is 23.4 Å². The number of β-lactam (4-membered cyclic amide) rings is 1. The molecule has 4 aromatic rings. The first-order valence-electron chi connectivity index (χ1n) is 20.7. The fourth-order valence-electron chi connectivity index (χ4n) is 7.05. The highest BCUT2D eigenvalue weighted by Crippen LogP contribution is 2.32. The maximum absolute atomic E-state index is 14.1. The number of benzene rings is 4. The van der Waals surface area contributed by atoms with E-state index in [9.17, 15) is 28.8 Å². The Bertz CT molecular complexity index is 2140. The number of alkyl halides is 1. The smallest absolute Gasteiger partial charge is 0.332 e. The van der Waals surface area contributed by atoms with Gasteiger partial charge in [0.2, 0.25) is 17.7 Å². The number of halogens is 1. The Morgan fingerprint density at radius 2 is 1.19 bits per heavy atom. The van der Waals surface area contributed by atoms with Gasteiger partial charge < -0.3 is 29.7 Å². The minimum atomic E-state index is -1.70. The van der Waals surface area contributed by atoms with Crippen LogP contribution in [-0.4, -0.2) is 81.9 Å². The molecule has 0 aliphatic carbocycles. The summed E-state index contributed by atoms with van der Waals surface area (Å²) in [5.41, 5.74) is 1.23. The number of esters is 3. The van der Waals surface area contributed by atoms with E-state index in [0.29, 0.717) is 22.5 Å². The van der Waals surface area contributed by atoms with Gasteiger partial charge in [0.25, 0.3) is 0 Å². The van der Waals surface area contributed by atoms with Crippen molar-refractivity contribution in [3.8, 4) is 0 Å². The molecule has 12 nitrogen and oxygen atoms in total. The van der Waals surface area contributed by atoms with Gasteiger partial charge in [-0.1, -0.05) is 121 Å². The zero-order valence-corrected chi connectivity index (χ0v) is 37.7.